The Bertz CT molecular complexity index is 547. The van der Waals surface area contributed by atoms with Gasteiger partial charge in [-0.05, 0) is 63.2 Å². The van der Waals surface area contributed by atoms with Crippen LogP contribution in [-0.2, 0) is 4.79 Å². The molecular weight excluding hydrogens is 288 g/mol. The number of rotatable bonds is 4. The maximum absolute atomic E-state index is 12.0. The zero-order valence-electron chi connectivity index (χ0n) is 14.6. The molecule has 0 radical (unpaired) electrons. The minimum absolute atomic E-state index is 0.0730. The van der Waals surface area contributed by atoms with E-state index >= 15 is 0 Å². The third-order valence-electron chi connectivity index (χ3n) is 6.43. The fourth-order valence-electron chi connectivity index (χ4n) is 5.14. The van der Waals surface area contributed by atoms with Gasteiger partial charge in [0.25, 0.3) is 0 Å². The molecule has 2 aliphatic rings. The quantitative estimate of drug-likeness (QED) is 0.599. The Balaban J connectivity index is 2.42. The fourth-order valence-corrected chi connectivity index (χ4v) is 5.14. The van der Waals surface area contributed by atoms with Crippen molar-refractivity contribution in [2.24, 2.45) is 22.7 Å². The molecule has 2 fully saturated rings. The van der Waals surface area contributed by atoms with Gasteiger partial charge in [-0.25, -0.2) is 0 Å². The van der Waals surface area contributed by atoms with E-state index in [0.717, 1.165) is 24.8 Å². The topological polar surface area (TPSA) is 57.5 Å². The standard InChI is InChI=1S/C20H30O3/c1-6-13(2)7-9-16-14(3)8-10-17-19(16,4)11-15(21)12-20(17,5)18(22)23/h6-7,15-17,21H,1,3,8-12H2,2,4-5H3,(H,22,23)/b13-7-/t15-,16-,17+,19+,20+/m1/s1. The van der Waals surface area contributed by atoms with Crippen LogP contribution in [0.25, 0.3) is 0 Å². The summed E-state index contributed by atoms with van der Waals surface area (Å²) < 4.78 is 0. The summed E-state index contributed by atoms with van der Waals surface area (Å²) in [4.78, 5) is 12.0. The summed E-state index contributed by atoms with van der Waals surface area (Å²) in [5, 5.41) is 20.2. The van der Waals surface area contributed by atoms with Crippen LogP contribution in [0.2, 0.25) is 0 Å². The first-order valence-electron chi connectivity index (χ1n) is 8.53. The molecular formula is C20H30O3. The van der Waals surface area contributed by atoms with Gasteiger partial charge in [0.15, 0.2) is 0 Å². The summed E-state index contributed by atoms with van der Waals surface area (Å²) in [5.41, 5.74) is 1.24. The van der Waals surface area contributed by atoms with Crippen LogP contribution in [-0.4, -0.2) is 22.3 Å². The Morgan fingerprint density at radius 3 is 2.61 bits per heavy atom. The van der Waals surface area contributed by atoms with E-state index in [1.165, 1.54) is 5.57 Å². The molecule has 0 spiro atoms. The number of allylic oxidation sites excluding steroid dienone is 4. The number of carbonyl (C=O) groups is 1. The highest BCUT2D eigenvalue weighted by molar-refractivity contribution is 5.75. The average Bonchev–Trinajstić information content (AvgIpc) is 2.44. The van der Waals surface area contributed by atoms with Crippen molar-refractivity contribution in [3.63, 3.8) is 0 Å². The van der Waals surface area contributed by atoms with Gasteiger partial charge < -0.3 is 10.2 Å². The van der Waals surface area contributed by atoms with Crippen LogP contribution < -0.4 is 0 Å². The second-order valence-electron chi connectivity index (χ2n) is 7.98. The Morgan fingerprint density at radius 2 is 2.04 bits per heavy atom. The van der Waals surface area contributed by atoms with E-state index in [0.29, 0.717) is 12.8 Å². The molecule has 0 bridgehead atoms. The van der Waals surface area contributed by atoms with E-state index in [1.54, 1.807) is 0 Å². The molecule has 0 amide bonds. The van der Waals surface area contributed by atoms with Crippen molar-refractivity contribution in [1.82, 2.24) is 0 Å². The largest absolute Gasteiger partial charge is 0.481 e. The van der Waals surface area contributed by atoms with Gasteiger partial charge >= 0.3 is 5.97 Å². The van der Waals surface area contributed by atoms with Crippen LogP contribution in [0.1, 0.15) is 52.9 Å². The molecule has 0 aliphatic heterocycles. The summed E-state index contributed by atoms with van der Waals surface area (Å²) in [6.45, 7) is 14.1. The molecule has 0 unspecified atom stereocenters. The third-order valence-corrected chi connectivity index (χ3v) is 6.43. The number of carboxylic acid groups (broad SMARTS) is 1. The van der Waals surface area contributed by atoms with E-state index in [4.69, 9.17) is 0 Å². The highest BCUT2D eigenvalue weighted by Crippen LogP contribution is 2.61. The molecule has 2 saturated carbocycles. The average molecular weight is 318 g/mol. The van der Waals surface area contributed by atoms with Gasteiger partial charge in [-0.15, -0.1) is 0 Å². The van der Waals surface area contributed by atoms with E-state index in [-0.39, 0.29) is 17.3 Å². The van der Waals surface area contributed by atoms with Crippen molar-refractivity contribution in [3.8, 4) is 0 Å². The predicted octanol–water partition coefficient (Wildman–Crippen LogP) is 4.34. The van der Waals surface area contributed by atoms with E-state index in [9.17, 15) is 15.0 Å². The molecule has 0 aromatic carbocycles. The van der Waals surface area contributed by atoms with Gasteiger partial charge in [0.05, 0.1) is 11.5 Å². The second kappa shape index (κ2) is 6.27. The first kappa shape index (κ1) is 18.0. The fraction of sp³-hybridized carbons (Fsp3) is 0.650. The predicted molar refractivity (Wildman–Crippen MR) is 93.0 cm³/mol. The van der Waals surface area contributed by atoms with Crippen LogP contribution >= 0.6 is 0 Å². The number of carboxylic acids is 1. The molecule has 0 aromatic heterocycles. The first-order valence-corrected chi connectivity index (χ1v) is 8.53. The SMILES string of the molecule is C=C/C(C)=C\C[C@@H]1C(=C)CC[C@H]2[C@@]1(C)C[C@@H](O)C[C@]2(C)C(=O)O. The molecule has 0 aromatic rings. The summed E-state index contributed by atoms with van der Waals surface area (Å²) in [5.74, 6) is -0.495. The molecule has 23 heavy (non-hydrogen) atoms. The zero-order chi connectivity index (χ0) is 17.4. The Kier molecular flexibility index (Phi) is 4.91. The lowest BCUT2D eigenvalue weighted by Gasteiger charge is -2.58. The van der Waals surface area contributed by atoms with Gasteiger partial charge in [-0.1, -0.05) is 43.4 Å². The van der Waals surface area contributed by atoms with Gasteiger partial charge in [0.1, 0.15) is 0 Å². The van der Waals surface area contributed by atoms with Crippen molar-refractivity contribution < 1.29 is 15.0 Å². The zero-order valence-corrected chi connectivity index (χ0v) is 14.6. The van der Waals surface area contributed by atoms with Crippen molar-refractivity contribution in [2.75, 3.05) is 0 Å². The van der Waals surface area contributed by atoms with Crippen LogP contribution in [0.3, 0.4) is 0 Å². The van der Waals surface area contributed by atoms with Crippen LogP contribution in [0, 0.1) is 22.7 Å². The smallest absolute Gasteiger partial charge is 0.309 e. The summed E-state index contributed by atoms with van der Waals surface area (Å²) >= 11 is 0. The number of fused-ring (bicyclic) bond motifs is 1. The molecule has 5 atom stereocenters. The van der Waals surface area contributed by atoms with Crippen molar-refractivity contribution >= 4 is 5.97 Å². The van der Waals surface area contributed by atoms with Crippen molar-refractivity contribution in [2.45, 2.75) is 59.0 Å². The summed E-state index contributed by atoms with van der Waals surface area (Å²) in [6.07, 6.45) is 7.02. The number of hydrogen-bond donors (Lipinski definition) is 2. The molecule has 3 nitrogen and oxygen atoms in total. The maximum Gasteiger partial charge on any atom is 0.309 e. The molecule has 0 heterocycles. The number of aliphatic carboxylic acids is 1. The lowest BCUT2D eigenvalue weighted by atomic mass is 9.46. The third kappa shape index (κ3) is 3.03. The molecule has 128 valence electrons. The van der Waals surface area contributed by atoms with Gasteiger partial charge in [-0.3, -0.25) is 4.79 Å². The van der Waals surface area contributed by atoms with Crippen LogP contribution in [0.15, 0.2) is 36.5 Å². The Labute approximate surface area is 139 Å². The summed E-state index contributed by atoms with van der Waals surface area (Å²) in [6, 6.07) is 0. The van der Waals surface area contributed by atoms with Gasteiger partial charge in [0, 0.05) is 0 Å². The Hall–Kier alpha value is -1.35. The lowest BCUT2D eigenvalue weighted by Crippen LogP contribution is -2.56. The summed E-state index contributed by atoms with van der Waals surface area (Å²) in [7, 11) is 0. The highest BCUT2D eigenvalue weighted by Gasteiger charge is 2.59. The number of aliphatic hydroxyl groups excluding tert-OH is 1. The normalized spacial score (nSPS) is 41.3. The van der Waals surface area contributed by atoms with Gasteiger partial charge in [-0.2, -0.15) is 0 Å². The number of aliphatic hydroxyl groups is 1. The minimum Gasteiger partial charge on any atom is -0.481 e. The monoisotopic (exact) mass is 318 g/mol. The van der Waals surface area contributed by atoms with Gasteiger partial charge in [0.2, 0.25) is 0 Å². The van der Waals surface area contributed by atoms with Crippen LogP contribution in [0.5, 0.6) is 0 Å². The lowest BCUT2D eigenvalue weighted by molar-refractivity contribution is -0.173. The maximum atomic E-state index is 12.0. The Morgan fingerprint density at radius 1 is 1.39 bits per heavy atom. The second-order valence-corrected chi connectivity index (χ2v) is 7.98. The van der Waals surface area contributed by atoms with Crippen molar-refractivity contribution in [1.29, 1.82) is 0 Å². The molecule has 0 saturated heterocycles. The van der Waals surface area contributed by atoms with Crippen molar-refractivity contribution in [3.05, 3.63) is 36.5 Å². The van der Waals surface area contributed by atoms with E-state index < -0.39 is 17.5 Å². The molecule has 2 aliphatic carbocycles. The molecule has 3 heteroatoms. The van der Waals surface area contributed by atoms with Crippen LogP contribution in [0.4, 0.5) is 0 Å². The first-order chi connectivity index (χ1) is 10.6. The minimum atomic E-state index is -0.859. The van der Waals surface area contributed by atoms with E-state index in [1.807, 2.05) is 19.9 Å². The number of hydrogen-bond acceptors (Lipinski definition) is 2. The highest BCUT2D eigenvalue weighted by atomic mass is 16.4. The molecule has 2 N–H and O–H groups in total. The molecule has 2 rings (SSSR count). The van der Waals surface area contributed by atoms with E-state index in [2.05, 4.69) is 26.2 Å².